The van der Waals surface area contributed by atoms with E-state index in [0.717, 1.165) is 47.7 Å². The van der Waals surface area contributed by atoms with Crippen molar-refractivity contribution in [1.29, 1.82) is 0 Å². The fraction of sp³-hybridized carbons (Fsp3) is 0.409. The van der Waals surface area contributed by atoms with Gasteiger partial charge in [-0.2, -0.15) is 0 Å². The Labute approximate surface area is 183 Å². The Morgan fingerprint density at radius 1 is 1.13 bits per heavy atom. The van der Waals surface area contributed by atoms with Crippen LogP contribution in [0.4, 0.5) is 0 Å². The number of rotatable bonds is 8. The number of thioether (sulfide) groups is 1. The van der Waals surface area contributed by atoms with E-state index < -0.39 is 10.0 Å². The molecule has 1 heterocycles. The highest BCUT2D eigenvalue weighted by atomic mass is 32.2. The predicted molar refractivity (Wildman–Crippen MR) is 120 cm³/mol. The molecule has 0 aliphatic carbocycles. The van der Waals surface area contributed by atoms with Gasteiger partial charge in [-0.25, -0.2) is 13.1 Å². The summed E-state index contributed by atoms with van der Waals surface area (Å²) in [6.45, 7) is 5.75. The van der Waals surface area contributed by atoms with Crippen molar-refractivity contribution < 1.29 is 17.9 Å². The first-order chi connectivity index (χ1) is 14.3. The molecule has 6 nitrogen and oxygen atoms in total. The topological polar surface area (TPSA) is 75.7 Å². The third kappa shape index (κ3) is 5.36. The summed E-state index contributed by atoms with van der Waals surface area (Å²) >= 11 is 1.44. The summed E-state index contributed by atoms with van der Waals surface area (Å²) in [6, 6.07) is 10.6. The molecule has 8 heteroatoms. The minimum Gasteiger partial charge on any atom is -0.492 e. The molecule has 0 saturated carbocycles. The molecule has 1 aliphatic heterocycles. The van der Waals surface area contributed by atoms with E-state index in [1.807, 2.05) is 38.3 Å². The zero-order chi connectivity index (χ0) is 21.7. The fourth-order valence-electron chi connectivity index (χ4n) is 3.49. The van der Waals surface area contributed by atoms with Crippen LogP contribution in [-0.4, -0.2) is 51.7 Å². The summed E-state index contributed by atoms with van der Waals surface area (Å²) in [7, 11) is -3.75. The number of ether oxygens (including phenoxy) is 1. The van der Waals surface area contributed by atoms with Crippen LogP contribution in [0.5, 0.6) is 5.75 Å². The zero-order valence-corrected chi connectivity index (χ0v) is 19.2. The van der Waals surface area contributed by atoms with Crippen molar-refractivity contribution in [2.24, 2.45) is 0 Å². The monoisotopic (exact) mass is 448 g/mol. The van der Waals surface area contributed by atoms with Gasteiger partial charge >= 0.3 is 0 Å². The number of sulfonamides is 1. The average Bonchev–Trinajstić information content (AvgIpc) is 3.26. The second-order valence-corrected chi connectivity index (χ2v) is 9.99. The van der Waals surface area contributed by atoms with Crippen molar-refractivity contribution in [3.63, 3.8) is 0 Å². The molecular formula is C22H28N2O4S2. The van der Waals surface area contributed by atoms with E-state index >= 15 is 0 Å². The van der Waals surface area contributed by atoms with Gasteiger partial charge in [0.15, 0.2) is 0 Å². The average molecular weight is 449 g/mol. The van der Waals surface area contributed by atoms with Crippen LogP contribution < -0.4 is 9.46 Å². The van der Waals surface area contributed by atoms with Crippen molar-refractivity contribution in [2.75, 3.05) is 32.5 Å². The van der Waals surface area contributed by atoms with Gasteiger partial charge in [0.2, 0.25) is 10.0 Å². The van der Waals surface area contributed by atoms with E-state index in [2.05, 4.69) is 4.72 Å². The van der Waals surface area contributed by atoms with Gasteiger partial charge in [-0.15, -0.1) is 11.8 Å². The number of likely N-dealkylation sites (tertiary alicyclic amines) is 1. The molecular weight excluding hydrogens is 420 g/mol. The second kappa shape index (κ2) is 9.85. The first kappa shape index (κ1) is 22.7. The lowest BCUT2D eigenvalue weighted by Crippen LogP contribution is -2.30. The number of nitrogens with one attached hydrogen (secondary N) is 1. The van der Waals surface area contributed by atoms with Crippen LogP contribution in [0.2, 0.25) is 0 Å². The second-order valence-electron chi connectivity index (χ2n) is 7.38. The van der Waals surface area contributed by atoms with Crippen molar-refractivity contribution in [3.8, 4) is 5.75 Å². The Morgan fingerprint density at radius 2 is 1.87 bits per heavy atom. The number of hydrogen-bond acceptors (Lipinski definition) is 5. The maximum Gasteiger partial charge on any atom is 0.255 e. The molecule has 0 unspecified atom stereocenters. The highest BCUT2D eigenvalue weighted by molar-refractivity contribution is 7.98. The van der Waals surface area contributed by atoms with E-state index in [1.165, 1.54) is 17.8 Å². The van der Waals surface area contributed by atoms with Gasteiger partial charge in [-0.1, -0.05) is 17.7 Å². The van der Waals surface area contributed by atoms with Crippen LogP contribution in [0, 0.1) is 13.8 Å². The van der Waals surface area contributed by atoms with Gasteiger partial charge in [-0.05, 0) is 62.8 Å². The maximum absolute atomic E-state index is 12.9. The third-order valence-corrected chi connectivity index (χ3v) is 7.34. The number of carbonyl (C=O) groups excluding carboxylic acids is 1. The molecule has 1 saturated heterocycles. The van der Waals surface area contributed by atoms with Crippen LogP contribution in [0.25, 0.3) is 0 Å². The Bertz CT molecular complexity index is 1020. The quantitative estimate of drug-likeness (QED) is 0.493. The van der Waals surface area contributed by atoms with Crippen LogP contribution in [0.15, 0.2) is 46.2 Å². The summed E-state index contributed by atoms with van der Waals surface area (Å²) < 4.78 is 33.8. The first-order valence-corrected chi connectivity index (χ1v) is 12.7. The summed E-state index contributed by atoms with van der Waals surface area (Å²) in [5, 5.41) is 0. The maximum atomic E-state index is 12.9. The molecule has 0 bridgehead atoms. The molecule has 2 aromatic carbocycles. The number of benzene rings is 2. The Hall–Kier alpha value is -2.03. The van der Waals surface area contributed by atoms with Gasteiger partial charge < -0.3 is 9.64 Å². The van der Waals surface area contributed by atoms with Crippen molar-refractivity contribution in [1.82, 2.24) is 9.62 Å². The van der Waals surface area contributed by atoms with Crippen molar-refractivity contribution >= 4 is 27.7 Å². The number of hydrogen-bond donors (Lipinski definition) is 1. The SMILES string of the molecule is CSc1ccc(S(=O)(=O)NCCOc2ccc(C)cc2C)cc1C(=O)N1CCCC1. The van der Waals surface area contributed by atoms with E-state index in [0.29, 0.717) is 5.56 Å². The van der Waals surface area contributed by atoms with Crippen molar-refractivity contribution in [2.45, 2.75) is 36.5 Å². The van der Waals surface area contributed by atoms with E-state index in [1.54, 1.807) is 17.0 Å². The minimum absolute atomic E-state index is 0.0920. The van der Waals surface area contributed by atoms with Gasteiger partial charge in [0.1, 0.15) is 12.4 Å². The molecule has 2 aromatic rings. The summed E-state index contributed by atoms with van der Waals surface area (Å²) in [5.74, 6) is 0.634. The molecule has 162 valence electrons. The molecule has 3 rings (SSSR count). The van der Waals surface area contributed by atoms with Gasteiger partial charge in [0, 0.05) is 24.5 Å². The Balaban J connectivity index is 1.67. The van der Waals surface area contributed by atoms with E-state index in [4.69, 9.17) is 4.74 Å². The van der Waals surface area contributed by atoms with Gasteiger partial charge in [0.05, 0.1) is 10.5 Å². The number of amides is 1. The fourth-order valence-corrected chi connectivity index (χ4v) is 5.10. The Morgan fingerprint density at radius 3 is 2.53 bits per heavy atom. The molecule has 1 amide bonds. The lowest BCUT2D eigenvalue weighted by atomic mass is 10.1. The van der Waals surface area contributed by atoms with Gasteiger partial charge in [-0.3, -0.25) is 4.79 Å². The molecule has 0 radical (unpaired) electrons. The number of carbonyl (C=O) groups is 1. The molecule has 1 aliphatic rings. The van der Waals surface area contributed by atoms with Crippen LogP contribution in [-0.2, 0) is 10.0 Å². The molecule has 0 spiro atoms. The van der Waals surface area contributed by atoms with Gasteiger partial charge in [0.25, 0.3) is 5.91 Å². The third-order valence-electron chi connectivity index (χ3n) is 5.09. The molecule has 1 N–H and O–H groups in total. The first-order valence-electron chi connectivity index (χ1n) is 9.99. The smallest absolute Gasteiger partial charge is 0.255 e. The highest BCUT2D eigenvalue weighted by Gasteiger charge is 2.24. The predicted octanol–water partition coefficient (Wildman–Crippen LogP) is 3.62. The van der Waals surface area contributed by atoms with Crippen LogP contribution in [0.1, 0.15) is 34.3 Å². The standard InChI is InChI=1S/C22H28N2O4S2/c1-16-6-8-20(17(2)14-16)28-13-10-23-30(26,27)18-7-9-21(29-3)19(15-18)22(25)24-11-4-5-12-24/h6-9,14-15,23H,4-5,10-13H2,1-3H3. The highest BCUT2D eigenvalue weighted by Crippen LogP contribution is 2.26. The Kier molecular flexibility index (Phi) is 7.44. The zero-order valence-electron chi connectivity index (χ0n) is 17.6. The largest absolute Gasteiger partial charge is 0.492 e. The van der Waals surface area contributed by atoms with E-state index in [9.17, 15) is 13.2 Å². The number of aryl methyl sites for hydroxylation is 2. The van der Waals surface area contributed by atoms with Crippen LogP contribution >= 0.6 is 11.8 Å². The summed E-state index contributed by atoms with van der Waals surface area (Å²) in [5.41, 5.74) is 2.60. The molecule has 30 heavy (non-hydrogen) atoms. The molecule has 0 aromatic heterocycles. The normalized spacial score (nSPS) is 14.2. The molecule has 1 fully saturated rings. The van der Waals surface area contributed by atoms with E-state index in [-0.39, 0.29) is 24.0 Å². The summed E-state index contributed by atoms with van der Waals surface area (Å²) in [6.07, 6.45) is 3.85. The molecule has 0 atom stereocenters. The summed E-state index contributed by atoms with van der Waals surface area (Å²) in [4.78, 5) is 15.5. The lowest BCUT2D eigenvalue weighted by molar-refractivity contribution is 0.0789. The van der Waals surface area contributed by atoms with Crippen LogP contribution in [0.3, 0.4) is 0 Å². The number of nitrogens with zero attached hydrogens (tertiary/aromatic N) is 1. The lowest BCUT2D eigenvalue weighted by Gasteiger charge is -2.18. The minimum atomic E-state index is -3.75. The van der Waals surface area contributed by atoms with Crippen molar-refractivity contribution in [3.05, 3.63) is 53.1 Å².